The quantitative estimate of drug-likeness (QED) is 0.704. The average molecular weight is 410 g/mol. The molecular weight excluding hydrogens is 396 g/mol. The second-order valence-electron chi connectivity index (χ2n) is 3.48. The van der Waals surface area contributed by atoms with E-state index in [4.69, 9.17) is 9.47 Å². The second kappa shape index (κ2) is 9.60. The van der Waals surface area contributed by atoms with Gasteiger partial charge in [0, 0.05) is 22.0 Å². The van der Waals surface area contributed by atoms with Gasteiger partial charge in [-0.1, -0.05) is 31.9 Å². The molecule has 0 saturated carbocycles. The predicted molar refractivity (Wildman–Crippen MR) is 84.0 cm³/mol. The van der Waals surface area contributed by atoms with Crippen LogP contribution in [0.15, 0.2) is 24.3 Å². The van der Waals surface area contributed by atoms with E-state index in [0.717, 1.165) is 0 Å². The largest absolute Gasteiger partial charge is 0.448 e. The Morgan fingerprint density at radius 1 is 0.850 bits per heavy atom. The van der Waals surface area contributed by atoms with Crippen LogP contribution >= 0.6 is 31.9 Å². The van der Waals surface area contributed by atoms with Crippen LogP contribution in [0.1, 0.15) is 0 Å². The molecule has 0 saturated heterocycles. The molecule has 1 rings (SSSR count). The van der Waals surface area contributed by atoms with E-state index >= 15 is 0 Å². The molecule has 1 aromatic rings. The van der Waals surface area contributed by atoms with E-state index in [-0.39, 0.29) is 0 Å². The minimum absolute atomic E-state index is 0.297. The van der Waals surface area contributed by atoms with Gasteiger partial charge in [-0.2, -0.15) is 0 Å². The first kappa shape index (κ1) is 16.8. The summed E-state index contributed by atoms with van der Waals surface area (Å²) in [7, 11) is 0. The lowest BCUT2D eigenvalue weighted by atomic mass is 10.3. The molecule has 0 heterocycles. The van der Waals surface area contributed by atoms with Gasteiger partial charge in [-0.25, -0.2) is 9.59 Å². The lowest BCUT2D eigenvalue weighted by Gasteiger charge is -2.08. The van der Waals surface area contributed by atoms with Crippen LogP contribution in [0.5, 0.6) is 0 Å². The van der Waals surface area contributed by atoms with Crippen molar-refractivity contribution in [2.75, 3.05) is 34.5 Å². The lowest BCUT2D eigenvalue weighted by Crippen LogP contribution is -2.16. The van der Waals surface area contributed by atoms with Gasteiger partial charge in [0.2, 0.25) is 0 Å². The van der Waals surface area contributed by atoms with Crippen LogP contribution in [0.3, 0.4) is 0 Å². The van der Waals surface area contributed by atoms with Crippen molar-refractivity contribution in [2.45, 2.75) is 0 Å². The predicted octanol–water partition coefficient (Wildman–Crippen LogP) is 3.57. The molecule has 110 valence electrons. The molecule has 0 aliphatic rings. The second-order valence-corrected chi connectivity index (χ2v) is 5.06. The van der Waals surface area contributed by atoms with E-state index in [9.17, 15) is 9.59 Å². The van der Waals surface area contributed by atoms with Crippen LogP contribution in [-0.4, -0.2) is 36.1 Å². The zero-order chi connectivity index (χ0) is 14.8. The number of carbonyl (C=O) groups excluding carboxylic acids is 2. The van der Waals surface area contributed by atoms with Crippen LogP contribution < -0.4 is 10.6 Å². The van der Waals surface area contributed by atoms with E-state index in [2.05, 4.69) is 42.5 Å². The summed E-state index contributed by atoms with van der Waals surface area (Å²) in [5.74, 6) is 0. The van der Waals surface area contributed by atoms with E-state index in [1.165, 1.54) is 0 Å². The summed E-state index contributed by atoms with van der Waals surface area (Å²) in [6.07, 6.45) is -1.05. The third-order valence-electron chi connectivity index (χ3n) is 2.00. The highest BCUT2D eigenvalue weighted by atomic mass is 79.9. The first-order chi connectivity index (χ1) is 9.65. The molecule has 8 heteroatoms. The first-order valence-electron chi connectivity index (χ1n) is 5.75. The minimum atomic E-state index is -0.526. The Morgan fingerprint density at radius 3 is 1.50 bits per heavy atom. The van der Waals surface area contributed by atoms with Gasteiger partial charge in [0.1, 0.15) is 13.2 Å². The molecule has 0 spiro atoms. The highest BCUT2D eigenvalue weighted by Crippen LogP contribution is 2.14. The molecule has 0 bridgehead atoms. The van der Waals surface area contributed by atoms with Gasteiger partial charge in [0.25, 0.3) is 0 Å². The van der Waals surface area contributed by atoms with Crippen molar-refractivity contribution in [3.05, 3.63) is 24.3 Å². The summed E-state index contributed by atoms with van der Waals surface area (Å²) in [5.41, 5.74) is 1.15. The molecule has 1 aromatic carbocycles. The number of benzene rings is 1. The van der Waals surface area contributed by atoms with Crippen molar-refractivity contribution in [2.24, 2.45) is 0 Å². The van der Waals surface area contributed by atoms with Gasteiger partial charge in [-0.05, 0) is 24.3 Å². The zero-order valence-electron chi connectivity index (χ0n) is 10.5. The molecule has 0 fully saturated rings. The van der Waals surface area contributed by atoms with Crippen LogP contribution in [-0.2, 0) is 9.47 Å². The fourth-order valence-corrected chi connectivity index (χ4v) is 1.53. The highest BCUT2D eigenvalue weighted by molar-refractivity contribution is 9.09. The summed E-state index contributed by atoms with van der Waals surface area (Å²) in [4.78, 5) is 22.6. The number of amides is 2. The molecule has 6 nitrogen and oxygen atoms in total. The molecule has 20 heavy (non-hydrogen) atoms. The molecule has 2 N–H and O–H groups in total. The van der Waals surface area contributed by atoms with Crippen LogP contribution in [0, 0.1) is 0 Å². The molecule has 0 radical (unpaired) electrons. The average Bonchev–Trinajstić information content (AvgIpc) is 2.45. The van der Waals surface area contributed by atoms with Crippen molar-refractivity contribution < 1.29 is 19.1 Å². The number of ether oxygens (including phenoxy) is 2. The first-order valence-corrected chi connectivity index (χ1v) is 7.99. The van der Waals surface area contributed by atoms with Gasteiger partial charge < -0.3 is 9.47 Å². The van der Waals surface area contributed by atoms with Crippen LogP contribution in [0.2, 0.25) is 0 Å². The lowest BCUT2D eigenvalue weighted by molar-refractivity contribution is 0.168. The Hall–Kier alpha value is -1.28. The number of halogens is 2. The number of rotatable bonds is 6. The Morgan fingerprint density at radius 2 is 1.20 bits per heavy atom. The standard InChI is InChI=1S/C12H14Br2N2O4/c13-5-7-19-11(17)15-9-1-2-10(4-3-9)16-12(18)20-8-6-14/h1-4H,5-8H2,(H,15,17)(H,16,18). The van der Waals surface area contributed by atoms with Crippen LogP contribution in [0.4, 0.5) is 21.0 Å². The fourth-order valence-electron chi connectivity index (χ4n) is 1.21. The van der Waals surface area contributed by atoms with Gasteiger partial charge in [-0.3, -0.25) is 10.6 Å². The number of nitrogens with one attached hydrogen (secondary N) is 2. The monoisotopic (exact) mass is 408 g/mol. The number of anilines is 2. The van der Waals surface area contributed by atoms with Crippen molar-refractivity contribution in [3.8, 4) is 0 Å². The normalized spacial score (nSPS) is 9.70. The van der Waals surface area contributed by atoms with E-state index < -0.39 is 12.2 Å². The Labute approximate surface area is 133 Å². The molecule has 0 aliphatic carbocycles. The molecule has 0 aliphatic heterocycles. The summed E-state index contributed by atoms with van der Waals surface area (Å²) in [6, 6.07) is 6.59. The maximum Gasteiger partial charge on any atom is 0.411 e. The Bertz CT molecular complexity index is 399. The number of carbonyl (C=O) groups is 2. The molecule has 0 atom stereocenters. The highest BCUT2D eigenvalue weighted by Gasteiger charge is 2.04. The number of hydrogen-bond donors (Lipinski definition) is 2. The summed E-state index contributed by atoms with van der Waals surface area (Å²) < 4.78 is 9.69. The van der Waals surface area contributed by atoms with E-state index in [1.807, 2.05) is 0 Å². The van der Waals surface area contributed by atoms with Crippen molar-refractivity contribution in [3.63, 3.8) is 0 Å². The third kappa shape index (κ3) is 6.76. The van der Waals surface area contributed by atoms with Gasteiger partial charge >= 0.3 is 12.2 Å². The van der Waals surface area contributed by atoms with Crippen molar-refractivity contribution in [1.29, 1.82) is 0 Å². The smallest absolute Gasteiger partial charge is 0.411 e. The van der Waals surface area contributed by atoms with Gasteiger partial charge in [0.05, 0.1) is 0 Å². The van der Waals surface area contributed by atoms with Gasteiger partial charge in [0.15, 0.2) is 0 Å². The Balaban J connectivity index is 2.43. The van der Waals surface area contributed by atoms with E-state index in [1.54, 1.807) is 24.3 Å². The van der Waals surface area contributed by atoms with E-state index in [0.29, 0.717) is 35.2 Å². The fraction of sp³-hybridized carbons (Fsp3) is 0.333. The SMILES string of the molecule is O=C(Nc1ccc(NC(=O)OCCBr)cc1)OCCBr. The third-order valence-corrected chi connectivity index (χ3v) is 2.65. The van der Waals surface area contributed by atoms with Crippen molar-refractivity contribution >= 4 is 55.4 Å². The Kier molecular flexibility index (Phi) is 8.05. The topological polar surface area (TPSA) is 76.7 Å². The minimum Gasteiger partial charge on any atom is -0.448 e. The summed E-state index contributed by atoms with van der Waals surface area (Å²) in [6.45, 7) is 0.593. The molecular formula is C12H14Br2N2O4. The molecule has 0 aromatic heterocycles. The summed E-state index contributed by atoms with van der Waals surface area (Å²) >= 11 is 6.31. The summed E-state index contributed by atoms with van der Waals surface area (Å²) in [5, 5.41) is 6.29. The maximum atomic E-state index is 11.3. The molecule has 2 amide bonds. The zero-order valence-corrected chi connectivity index (χ0v) is 13.7. The number of alkyl halides is 2. The number of hydrogen-bond acceptors (Lipinski definition) is 4. The van der Waals surface area contributed by atoms with Gasteiger partial charge in [-0.15, -0.1) is 0 Å². The molecule has 0 unspecified atom stereocenters. The van der Waals surface area contributed by atoms with Crippen LogP contribution in [0.25, 0.3) is 0 Å². The maximum absolute atomic E-state index is 11.3. The van der Waals surface area contributed by atoms with Crippen molar-refractivity contribution in [1.82, 2.24) is 0 Å².